The topological polar surface area (TPSA) is 77.0 Å². The summed E-state index contributed by atoms with van der Waals surface area (Å²) in [5.41, 5.74) is 2.55. The Bertz CT molecular complexity index is 715. The molecule has 6 heteroatoms. The van der Waals surface area contributed by atoms with Gasteiger partial charge in [0.2, 0.25) is 0 Å². The number of aliphatic hydroxyl groups excluding tert-OH is 1. The summed E-state index contributed by atoms with van der Waals surface area (Å²) in [6, 6.07) is 12.9. The molecule has 0 spiro atoms. The molecular weight excluding hydrogens is 334 g/mol. The van der Waals surface area contributed by atoms with Gasteiger partial charge in [-0.3, -0.25) is 4.79 Å². The van der Waals surface area contributed by atoms with Gasteiger partial charge in [-0.2, -0.15) is 0 Å². The predicted octanol–water partition coefficient (Wildman–Crippen LogP) is 2.49. The molecule has 2 aromatic rings. The van der Waals surface area contributed by atoms with Crippen LogP contribution in [0.3, 0.4) is 0 Å². The van der Waals surface area contributed by atoms with Crippen LogP contribution in [0.4, 0.5) is 0 Å². The average Bonchev–Trinajstić information content (AvgIpc) is 2.68. The number of aryl methyl sites for hydroxylation is 1. The first-order valence-electron chi connectivity index (χ1n) is 8.38. The first-order valence-corrected chi connectivity index (χ1v) is 8.38. The van der Waals surface area contributed by atoms with Gasteiger partial charge in [0.15, 0.2) is 11.5 Å². The molecular formula is C20H25NO5. The summed E-state index contributed by atoms with van der Waals surface area (Å²) in [5.74, 6) is 0.815. The molecule has 1 unspecified atom stereocenters. The van der Waals surface area contributed by atoms with Gasteiger partial charge in [0, 0.05) is 12.1 Å². The Kier molecular flexibility index (Phi) is 7.44. The molecule has 0 bridgehead atoms. The molecule has 1 amide bonds. The maximum atomic E-state index is 12.5. The molecule has 0 radical (unpaired) electrons. The van der Waals surface area contributed by atoms with E-state index >= 15 is 0 Å². The summed E-state index contributed by atoms with van der Waals surface area (Å²) < 4.78 is 16.1. The number of carbonyl (C=O) groups is 1. The quantitative estimate of drug-likeness (QED) is 0.719. The fraction of sp³-hybridized carbons (Fsp3) is 0.350. The Labute approximate surface area is 153 Å². The summed E-state index contributed by atoms with van der Waals surface area (Å²) in [5, 5.41) is 11.9. The number of nitrogens with one attached hydrogen (secondary N) is 1. The van der Waals surface area contributed by atoms with E-state index in [1.165, 1.54) is 7.11 Å². The van der Waals surface area contributed by atoms with Gasteiger partial charge in [0.05, 0.1) is 33.5 Å². The third-order valence-corrected chi connectivity index (χ3v) is 3.95. The minimum Gasteiger partial charge on any atom is -0.493 e. The lowest BCUT2D eigenvalue weighted by molar-refractivity contribution is 0.0277. The Morgan fingerprint density at radius 2 is 1.77 bits per heavy atom. The molecule has 0 fully saturated rings. The van der Waals surface area contributed by atoms with Crippen molar-refractivity contribution in [1.82, 2.24) is 5.32 Å². The first kappa shape index (κ1) is 19.8. The van der Waals surface area contributed by atoms with Crippen LogP contribution in [0.15, 0.2) is 42.5 Å². The van der Waals surface area contributed by atoms with E-state index in [1.54, 1.807) is 25.3 Å². The fourth-order valence-corrected chi connectivity index (χ4v) is 2.51. The Morgan fingerprint density at radius 1 is 1.08 bits per heavy atom. The number of carbonyl (C=O) groups excluding carboxylic acids is 1. The van der Waals surface area contributed by atoms with Gasteiger partial charge in [-0.25, -0.2) is 0 Å². The van der Waals surface area contributed by atoms with Crippen LogP contribution in [0.2, 0.25) is 0 Å². The number of hydrogen-bond donors (Lipinski definition) is 2. The molecule has 140 valence electrons. The van der Waals surface area contributed by atoms with E-state index < -0.39 is 0 Å². The zero-order chi connectivity index (χ0) is 18.9. The van der Waals surface area contributed by atoms with E-state index in [9.17, 15) is 4.79 Å². The molecule has 0 aromatic heterocycles. The minimum atomic E-state index is -0.341. The van der Waals surface area contributed by atoms with Crippen LogP contribution in [0.5, 0.6) is 11.5 Å². The highest BCUT2D eigenvalue weighted by Gasteiger charge is 2.15. The summed E-state index contributed by atoms with van der Waals surface area (Å²) >= 11 is 0. The maximum absolute atomic E-state index is 12.5. The second-order valence-corrected chi connectivity index (χ2v) is 5.77. The number of ether oxygens (including phenoxy) is 3. The second-order valence-electron chi connectivity index (χ2n) is 5.77. The van der Waals surface area contributed by atoms with Gasteiger partial charge >= 0.3 is 0 Å². The third kappa shape index (κ3) is 5.21. The highest BCUT2D eigenvalue weighted by Crippen LogP contribution is 2.27. The molecule has 2 aromatic carbocycles. The van der Waals surface area contributed by atoms with Crippen LogP contribution in [0.25, 0.3) is 0 Å². The highest BCUT2D eigenvalue weighted by molar-refractivity contribution is 5.94. The normalized spacial score (nSPS) is 11.7. The molecule has 6 nitrogen and oxygen atoms in total. The monoisotopic (exact) mass is 359 g/mol. The number of rotatable bonds is 9. The number of hydrogen-bond acceptors (Lipinski definition) is 5. The van der Waals surface area contributed by atoms with E-state index in [-0.39, 0.29) is 31.8 Å². The molecule has 0 aliphatic rings. The first-order chi connectivity index (χ1) is 12.6. The molecule has 0 saturated carbocycles. The largest absolute Gasteiger partial charge is 0.493 e. The van der Waals surface area contributed by atoms with Gasteiger partial charge in [-0.1, -0.05) is 29.8 Å². The SMILES string of the molecule is COc1ccc(C(=O)NCC(OCCO)c2ccc(C)cc2)cc1OC. The molecule has 1 atom stereocenters. The summed E-state index contributed by atoms with van der Waals surface area (Å²) in [6.45, 7) is 2.42. The molecule has 0 aliphatic heterocycles. The fourth-order valence-electron chi connectivity index (χ4n) is 2.51. The van der Waals surface area contributed by atoms with E-state index in [4.69, 9.17) is 19.3 Å². The zero-order valence-corrected chi connectivity index (χ0v) is 15.3. The number of benzene rings is 2. The van der Waals surface area contributed by atoms with Crippen molar-refractivity contribution >= 4 is 5.91 Å². The lowest BCUT2D eigenvalue weighted by atomic mass is 10.1. The van der Waals surface area contributed by atoms with Crippen LogP contribution >= 0.6 is 0 Å². The van der Waals surface area contributed by atoms with Crippen LogP contribution < -0.4 is 14.8 Å². The van der Waals surface area contributed by atoms with Crippen molar-refractivity contribution in [2.24, 2.45) is 0 Å². The van der Waals surface area contributed by atoms with Gasteiger partial charge in [-0.05, 0) is 30.7 Å². The average molecular weight is 359 g/mol. The standard InChI is InChI=1S/C20H25NO5/c1-14-4-6-15(7-5-14)19(26-11-10-22)13-21-20(23)16-8-9-17(24-2)18(12-16)25-3/h4-9,12,19,22H,10-11,13H2,1-3H3,(H,21,23). The van der Waals surface area contributed by atoms with E-state index in [2.05, 4.69) is 5.32 Å². The van der Waals surface area contributed by atoms with E-state index in [0.29, 0.717) is 17.1 Å². The van der Waals surface area contributed by atoms with Gasteiger partial charge in [-0.15, -0.1) is 0 Å². The van der Waals surface area contributed by atoms with Crippen molar-refractivity contribution in [2.45, 2.75) is 13.0 Å². The number of aliphatic hydroxyl groups is 1. The van der Waals surface area contributed by atoms with Crippen molar-refractivity contribution in [3.63, 3.8) is 0 Å². The van der Waals surface area contributed by atoms with Crippen molar-refractivity contribution in [2.75, 3.05) is 34.0 Å². The van der Waals surface area contributed by atoms with Crippen LogP contribution in [-0.2, 0) is 4.74 Å². The molecule has 26 heavy (non-hydrogen) atoms. The third-order valence-electron chi connectivity index (χ3n) is 3.95. The Morgan fingerprint density at radius 3 is 2.38 bits per heavy atom. The lowest BCUT2D eigenvalue weighted by Crippen LogP contribution is -2.30. The Hall–Kier alpha value is -2.57. The smallest absolute Gasteiger partial charge is 0.251 e. The summed E-state index contributed by atoms with van der Waals surface area (Å²) in [6.07, 6.45) is -0.341. The molecule has 2 N–H and O–H groups in total. The lowest BCUT2D eigenvalue weighted by Gasteiger charge is -2.19. The minimum absolute atomic E-state index is 0.0774. The second kappa shape index (κ2) is 9.79. The molecule has 2 rings (SSSR count). The summed E-state index contributed by atoms with van der Waals surface area (Å²) in [4.78, 5) is 12.5. The van der Waals surface area contributed by atoms with Crippen molar-refractivity contribution in [3.8, 4) is 11.5 Å². The van der Waals surface area contributed by atoms with E-state index in [1.807, 2.05) is 31.2 Å². The van der Waals surface area contributed by atoms with Crippen LogP contribution in [-0.4, -0.2) is 45.0 Å². The maximum Gasteiger partial charge on any atom is 0.251 e. The van der Waals surface area contributed by atoms with E-state index in [0.717, 1.165) is 11.1 Å². The molecule has 0 saturated heterocycles. The van der Waals surface area contributed by atoms with Crippen LogP contribution in [0, 0.1) is 6.92 Å². The number of methoxy groups -OCH3 is 2. The molecule has 0 heterocycles. The van der Waals surface area contributed by atoms with Crippen molar-refractivity contribution in [1.29, 1.82) is 0 Å². The summed E-state index contributed by atoms with van der Waals surface area (Å²) in [7, 11) is 3.07. The number of amides is 1. The van der Waals surface area contributed by atoms with Crippen LogP contribution in [0.1, 0.15) is 27.6 Å². The van der Waals surface area contributed by atoms with Crippen molar-refractivity contribution < 1.29 is 24.1 Å². The highest BCUT2D eigenvalue weighted by atomic mass is 16.5. The predicted molar refractivity (Wildman–Crippen MR) is 98.8 cm³/mol. The zero-order valence-electron chi connectivity index (χ0n) is 15.3. The van der Waals surface area contributed by atoms with Gasteiger partial charge in [0.25, 0.3) is 5.91 Å². The van der Waals surface area contributed by atoms with Gasteiger partial charge in [0.1, 0.15) is 0 Å². The van der Waals surface area contributed by atoms with Crippen molar-refractivity contribution in [3.05, 3.63) is 59.2 Å². The Balaban J connectivity index is 2.07. The molecule has 0 aliphatic carbocycles. The van der Waals surface area contributed by atoms with Gasteiger partial charge < -0.3 is 24.6 Å².